The van der Waals surface area contributed by atoms with Crippen molar-refractivity contribution in [1.82, 2.24) is 5.32 Å². The van der Waals surface area contributed by atoms with Crippen molar-refractivity contribution >= 4 is 18.3 Å². The summed E-state index contributed by atoms with van der Waals surface area (Å²) in [4.78, 5) is 11.6. The van der Waals surface area contributed by atoms with Crippen molar-refractivity contribution in [3.8, 4) is 11.5 Å². The molecule has 0 bridgehead atoms. The number of halogens is 3. The molecule has 0 unspecified atom stereocenters. The molecule has 0 fully saturated rings. The fourth-order valence-corrected chi connectivity index (χ4v) is 1.29. The van der Waals surface area contributed by atoms with Gasteiger partial charge in [-0.3, -0.25) is 4.79 Å². The average Bonchev–Trinajstić information content (AvgIpc) is 2.35. The highest BCUT2D eigenvalue weighted by molar-refractivity contribution is 5.94. The second-order valence-electron chi connectivity index (χ2n) is 3.29. The number of carbonyl (C=O) groups is 1. The van der Waals surface area contributed by atoms with Crippen LogP contribution in [-0.2, 0) is 0 Å². The molecule has 0 saturated heterocycles. The standard InChI is InChI=1S/C11H14F2N2O3.ClH/c1-17-8-3-2-7(10(16)15-5-4-14)6-9(8)18-11(12)13;/h2-3,6,11H,4-5,14H2,1H3,(H,15,16);1H. The minimum absolute atomic E-state index is 0. The van der Waals surface area contributed by atoms with E-state index in [9.17, 15) is 13.6 Å². The molecular formula is C11H15ClF2N2O3. The highest BCUT2D eigenvalue weighted by Gasteiger charge is 2.14. The number of carbonyl (C=O) groups excluding carboxylic acids is 1. The maximum absolute atomic E-state index is 12.2. The van der Waals surface area contributed by atoms with Crippen molar-refractivity contribution in [2.45, 2.75) is 6.61 Å². The molecule has 0 saturated carbocycles. The van der Waals surface area contributed by atoms with Crippen molar-refractivity contribution in [2.24, 2.45) is 5.73 Å². The Hall–Kier alpha value is -1.60. The molecule has 5 nitrogen and oxygen atoms in total. The third kappa shape index (κ3) is 5.27. The molecular weight excluding hydrogens is 282 g/mol. The Balaban J connectivity index is 0.00000324. The van der Waals surface area contributed by atoms with Gasteiger partial charge in [-0.2, -0.15) is 8.78 Å². The molecule has 108 valence electrons. The smallest absolute Gasteiger partial charge is 0.387 e. The van der Waals surface area contributed by atoms with Crippen LogP contribution in [0.15, 0.2) is 18.2 Å². The number of nitrogens with two attached hydrogens (primary N) is 1. The molecule has 0 radical (unpaired) electrons. The number of nitrogens with one attached hydrogen (secondary N) is 1. The predicted octanol–water partition coefficient (Wildman–Crippen LogP) is 1.41. The largest absolute Gasteiger partial charge is 0.493 e. The summed E-state index contributed by atoms with van der Waals surface area (Å²) in [5.74, 6) is -0.471. The van der Waals surface area contributed by atoms with Gasteiger partial charge >= 0.3 is 6.61 Å². The first-order valence-electron chi connectivity index (χ1n) is 5.19. The van der Waals surface area contributed by atoms with Crippen LogP contribution in [0.3, 0.4) is 0 Å². The average molecular weight is 297 g/mol. The van der Waals surface area contributed by atoms with Crippen LogP contribution >= 0.6 is 12.4 Å². The zero-order valence-electron chi connectivity index (χ0n) is 10.2. The van der Waals surface area contributed by atoms with E-state index in [4.69, 9.17) is 10.5 Å². The van der Waals surface area contributed by atoms with Gasteiger partial charge < -0.3 is 20.5 Å². The van der Waals surface area contributed by atoms with E-state index in [-0.39, 0.29) is 29.5 Å². The highest BCUT2D eigenvalue weighted by Crippen LogP contribution is 2.29. The van der Waals surface area contributed by atoms with Gasteiger partial charge in [-0.05, 0) is 18.2 Å². The summed E-state index contributed by atoms with van der Waals surface area (Å²) in [5.41, 5.74) is 5.43. The van der Waals surface area contributed by atoms with Gasteiger partial charge in [-0.25, -0.2) is 0 Å². The fourth-order valence-electron chi connectivity index (χ4n) is 1.29. The lowest BCUT2D eigenvalue weighted by atomic mass is 10.2. The van der Waals surface area contributed by atoms with E-state index in [0.717, 1.165) is 0 Å². The first-order chi connectivity index (χ1) is 8.58. The van der Waals surface area contributed by atoms with Gasteiger partial charge in [0.15, 0.2) is 11.5 Å². The number of alkyl halides is 2. The quantitative estimate of drug-likeness (QED) is 0.832. The van der Waals surface area contributed by atoms with Crippen LogP contribution in [0.25, 0.3) is 0 Å². The molecule has 1 aromatic rings. The van der Waals surface area contributed by atoms with Gasteiger partial charge in [0.25, 0.3) is 5.91 Å². The Labute approximate surface area is 115 Å². The lowest BCUT2D eigenvalue weighted by Crippen LogP contribution is -2.29. The Morgan fingerprint density at radius 3 is 2.63 bits per heavy atom. The Morgan fingerprint density at radius 1 is 1.42 bits per heavy atom. The number of ether oxygens (including phenoxy) is 2. The van der Waals surface area contributed by atoms with Gasteiger partial charge in [-0.15, -0.1) is 12.4 Å². The molecule has 0 aliphatic heterocycles. The molecule has 3 N–H and O–H groups in total. The zero-order valence-corrected chi connectivity index (χ0v) is 11.0. The lowest BCUT2D eigenvalue weighted by molar-refractivity contribution is -0.0512. The third-order valence-corrected chi connectivity index (χ3v) is 2.07. The molecule has 0 aliphatic carbocycles. The fraction of sp³-hybridized carbons (Fsp3) is 0.364. The first kappa shape index (κ1) is 17.4. The summed E-state index contributed by atoms with van der Waals surface area (Å²) in [5, 5.41) is 2.52. The van der Waals surface area contributed by atoms with Gasteiger partial charge in [-0.1, -0.05) is 0 Å². The van der Waals surface area contributed by atoms with E-state index in [1.807, 2.05) is 0 Å². The number of rotatable bonds is 6. The Kier molecular flexibility index (Phi) is 7.78. The first-order valence-corrected chi connectivity index (χ1v) is 5.19. The lowest BCUT2D eigenvalue weighted by Gasteiger charge is -2.11. The molecule has 0 aliphatic rings. The molecule has 0 atom stereocenters. The molecule has 1 aromatic carbocycles. The highest BCUT2D eigenvalue weighted by atomic mass is 35.5. The van der Waals surface area contributed by atoms with Crippen molar-refractivity contribution < 1.29 is 23.0 Å². The Morgan fingerprint density at radius 2 is 2.11 bits per heavy atom. The van der Waals surface area contributed by atoms with E-state index < -0.39 is 12.5 Å². The maximum Gasteiger partial charge on any atom is 0.387 e. The Bertz CT molecular complexity index is 419. The second-order valence-corrected chi connectivity index (χ2v) is 3.29. The van der Waals surface area contributed by atoms with Gasteiger partial charge in [0.1, 0.15) is 0 Å². The number of amides is 1. The van der Waals surface area contributed by atoms with Crippen LogP contribution in [0.5, 0.6) is 11.5 Å². The molecule has 0 spiro atoms. The number of methoxy groups -OCH3 is 1. The minimum Gasteiger partial charge on any atom is -0.493 e. The van der Waals surface area contributed by atoms with Crippen molar-refractivity contribution in [1.29, 1.82) is 0 Å². The molecule has 0 aromatic heterocycles. The van der Waals surface area contributed by atoms with Crippen LogP contribution in [0, 0.1) is 0 Å². The summed E-state index contributed by atoms with van der Waals surface area (Å²) in [7, 11) is 1.32. The van der Waals surface area contributed by atoms with Crippen molar-refractivity contribution in [3.63, 3.8) is 0 Å². The SMILES string of the molecule is COc1ccc(C(=O)NCCN)cc1OC(F)F.Cl. The van der Waals surface area contributed by atoms with Crippen LogP contribution in [0.4, 0.5) is 8.78 Å². The van der Waals surface area contributed by atoms with Gasteiger partial charge in [0.05, 0.1) is 7.11 Å². The second kappa shape index (κ2) is 8.49. The molecule has 0 heterocycles. The summed E-state index contributed by atoms with van der Waals surface area (Å²) in [6.07, 6.45) is 0. The zero-order chi connectivity index (χ0) is 13.5. The van der Waals surface area contributed by atoms with Crippen LogP contribution in [0.1, 0.15) is 10.4 Å². The topological polar surface area (TPSA) is 73.6 Å². The van der Waals surface area contributed by atoms with E-state index in [2.05, 4.69) is 10.1 Å². The maximum atomic E-state index is 12.2. The van der Waals surface area contributed by atoms with Gasteiger partial charge in [0.2, 0.25) is 0 Å². The minimum atomic E-state index is -2.98. The van der Waals surface area contributed by atoms with E-state index >= 15 is 0 Å². The third-order valence-electron chi connectivity index (χ3n) is 2.07. The predicted molar refractivity (Wildman–Crippen MR) is 68.3 cm³/mol. The molecule has 1 amide bonds. The summed E-state index contributed by atoms with van der Waals surface area (Å²) < 4.78 is 33.5. The number of hydrogen-bond donors (Lipinski definition) is 2. The summed E-state index contributed by atoms with van der Waals surface area (Å²) in [6, 6.07) is 4.02. The van der Waals surface area contributed by atoms with E-state index in [1.54, 1.807) is 0 Å². The number of benzene rings is 1. The van der Waals surface area contributed by atoms with Crippen LogP contribution in [0.2, 0.25) is 0 Å². The van der Waals surface area contributed by atoms with Gasteiger partial charge in [0, 0.05) is 18.7 Å². The molecule has 19 heavy (non-hydrogen) atoms. The van der Waals surface area contributed by atoms with Crippen LogP contribution < -0.4 is 20.5 Å². The molecule has 8 heteroatoms. The van der Waals surface area contributed by atoms with Crippen LogP contribution in [-0.4, -0.2) is 32.7 Å². The molecule has 1 rings (SSSR count). The monoisotopic (exact) mass is 296 g/mol. The van der Waals surface area contributed by atoms with Crippen molar-refractivity contribution in [2.75, 3.05) is 20.2 Å². The normalized spacial score (nSPS) is 9.74. The van der Waals surface area contributed by atoms with Crippen molar-refractivity contribution in [3.05, 3.63) is 23.8 Å². The van der Waals surface area contributed by atoms with E-state index in [0.29, 0.717) is 13.1 Å². The summed E-state index contributed by atoms with van der Waals surface area (Å²) in [6.45, 7) is -2.39. The summed E-state index contributed by atoms with van der Waals surface area (Å²) >= 11 is 0. The van der Waals surface area contributed by atoms with E-state index in [1.165, 1.54) is 25.3 Å². The number of hydrogen-bond acceptors (Lipinski definition) is 4.